The molecule has 0 aromatic heterocycles. The van der Waals surface area contributed by atoms with Crippen molar-refractivity contribution in [3.05, 3.63) is 23.8 Å². The number of ether oxygens (including phenoxy) is 2. The molecule has 0 aliphatic heterocycles. The first-order chi connectivity index (χ1) is 6.67. The SMILES string of the molecule is COc1ccc(OC)c(CC(N)Br)c1. The molecular formula is C10H14BrNO2. The number of nitrogens with two attached hydrogens (primary N) is 1. The summed E-state index contributed by atoms with van der Waals surface area (Å²) in [5, 5.41) is 0. The average Bonchev–Trinajstić information content (AvgIpc) is 2.16. The highest BCUT2D eigenvalue weighted by Crippen LogP contribution is 2.25. The number of hydrogen-bond donors (Lipinski definition) is 1. The van der Waals surface area contributed by atoms with Gasteiger partial charge in [0.2, 0.25) is 0 Å². The van der Waals surface area contributed by atoms with E-state index >= 15 is 0 Å². The Kier molecular flexibility index (Phi) is 4.22. The summed E-state index contributed by atoms with van der Waals surface area (Å²) in [6, 6.07) is 5.67. The van der Waals surface area contributed by atoms with E-state index in [0.29, 0.717) is 6.42 Å². The summed E-state index contributed by atoms with van der Waals surface area (Å²) in [5.74, 6) is 1.65. The zero-order valence-corrected chi connectivity index (χ0v) is 9.87. The second-order valence-electron chi connectivity index (χ2n) is 2.90. The molecule has 1 atom stereocenters. The lowest BCUT2D eigenvalue weighted by molar-refractivity contribution is 0.398. The van der Waals surface area contributed by atoms with Gasteiger partial charge in [0.1, 0.15) is 11.5 Å². The Labute approximate surface area is 92.3 Å². The quantitative estimate of drug-likeness (QED) is 0.664. The topological polar surface area (TPSA) is 44.5 Å². The van der Waals surface area contributed by atoms with Gasteiger partial charge in [-0.2, -0.15) is 0 Å². The highest BCUT2D eigenvalue weighted by Gasteiger charge is 2.07. The van der Waals surface area contributed by atoms with Crippen molar-refractivity contribution < 1.29 is 9.47 Å². The normalized spacial score (nSPS) is 12.3. The minimum Gasteiger partial charge on any atom is -0.497 e. The molecule has 1 aromatic rings. The number of benzene rings is 1. The third-order valence-corrected chi connectivity index (χ3v) is 2.23. The van der Waals surface area contributed by atoms with E-state index in [2.05, 4.69) is 15.9 Å². The van der Waals surface area contributed by atoms with Gasteiger partial charge in [0, 0.05) is 12.0 Å². The number of alkyl halides is 1. The molecule has 1 rings (SSSR count). The van der Waals surface area contributed by atoms with Crippen molar-refractivity contribution in [3.8, 4) is 11.5 Å². The Bertz CT molecular complexity index is 302. The molecule has 0 aliphatic rings. The van der Waals surface area contributed by atoms with Crippen LogP contribution < -0.4 is 15.2 Å². The van der Waals surface area contributed by atoms with Gasteiger partial charge in [-0.15, -0.1) is 0 Å². The first kappa shape index (κ1) is 11.3. The summed E-state index contributed by atoms with van der Waals surface area (Å²) in [5.41, 5.74) is 6.70. The van der Waals surface area contributed by atoms with E-state index in [9.17, 15) is 0 Å². The van der Waals surface area contributed by atoms with Crippen LogP contribution in [0, 0.1) is 0 Å². The van der Waals surface area contributed by atoms with Gasteiger partial charge in [0.25, 0.3) is 0 Å². The van der Waals surface area contributed by atoms with Crippen LogP contribution in [-0.2, 0) is 6.42 Å². The maximum atomic E-state index is 5.66. The highest BCUT2D eigenvalue weighted by atomic mass is 79.9. The first-order valence-corrected chi connectivity index (χ1v) is 5.19. The van der Waals surface area contributed by atoms with Gasteiger partial charge < -0.3 is 15.2 Å². The number of rotatable bonds is 4. The Balaban J connectivity index is 2.96. The van der Waals surface area contributed by atoms with Crippen molar-refractivity contribution in [2.24, 2.45) is 5.73 Å². The van der Waals surface area contributed by atoms with Crippen LogP contribution in [0.1, 0.15) is 5.56 Å². The minimum atomic E-state index is -0.0662. The fourth-order valence-corrected chi connectivity index (χ4v) is 1.60. The van der Waals surface area contributed by atoms with Crippen molar-refractivity contribution in [1.82, 2.24) is 0 Å². The summed E-state index contributed by atoms with van der Waals surface area (Å²) in [6.07, 6.45) is 0.709. The monoisotopic (exact) mass is 259 g/mol. The Hall–Kier alpha value is -0.740. The van der Waals surface area contributed by atoms with Crippen LogP contribution in [0.4, 0.5) is 0 Å². The van der Waals surface area contributed by atoms with Crippen LogP contribution in [0.25, 0.3) is 0 Å². The fraction of sp³-hybridized carbons (Fsp3) is 0.400. The van der Waals surface area contributed by atoms with Crippen LogP contribution in [-0.4, -0.2) is 19.2 Å². The van der Waals surface area contributed by atoms with E-state index < -0.39 is 0 Å². The Morgan fingerprint density at radius 3 is 2.57 bits per heavy atom. The molecule has 0 radical (unpaired) electrons. The fourth-order valence-electron chi connectivity index (χ4n) is 1.25. The summed E-state index contributed by atoms with van der Waals surface area (Å²) >= 11 is 3.30. The van der Waals surface area contributed by atoms with E-state index in [-0.39, 0.29) is 4.95 Å². The molecule has 0 bridgehead atoms. The second-order valence-corrected chi connectivity index (χ2v) is 4.07. The lowest BCUT2D eigenvalue weighted by Gasteiger charge is -2.11. The van der Waals surface area contributed by atoms with Crippen molar-refractivity contribution >= 4 is 15.9 Å². The molecule has 2 N–H and O–H groups in total. The van der Waals surface area contributed by atoms with Gasteiger partial charge in [-0.1, -0.05) is 15.9 Å². The predicted octanol–water partition coefficient (Wildman–Crippen LogP) is 1.93. The van der Waals surface area contributed by atoms with Gasteiger partial charge in [-0.05, 0) is 18.2 Å². The maximum absolute atomic E-state index is 5.66. The number of methoxy groups -OCH3 is 2. The second kappa shape index (κ2) is 5.22. The summed E-state index contributed by atoms with van der Waals surface area (Å²) < 4.78 is 10.3. The largest absolute Gasteiger partial charge is 0.497 e. The van der Waals surface area contributed by atoms with Crippen molar-refractivity contribution in [2.75, 3.05) is 14.2 Å². The van der Waals surface area contributed by atoms with Crippen molar-refractivity contribution in [3.63, 3.8) is 0 Å². The molecular weight excluding hydrogens is 246 g/mol. The van der Waals surface area contributed by atoms with E-state index in [1.54, 1.807) is 14.2 Å². The molecule has 4 heteroatoms. The molecule has 14 heavy (non-hydrogen) atoms. The van der Waals surface area contributed by atoms with Crippen LogP contribution >= 0.6 is 15.9 Å². The molecule has 0 amide bonds. The van der Waals surface area contributed by atoms with Crippen molar-refractivity contribution in [2.45, 2.75) is 11.4 Å². The molecule has 78 valence electrons. The van der Waals surface area contributed by atoms with Crippen LogP contribution in [0.15, 0.2) is 18.2 Å². The Morgan fingerprint density at radius 2 is 2.07 bits per heavy atom. The van der Waals surface area contributed by atoms with Crippen LogP contribution in [0.5, 0.6) is 11.5 Å². The zero-order chi connectivity index (χ0) is 10.6. The molecule has 0 saturated heterocycles. The maximum Gasteiger partial charge on any atom is 0.122 e. The number of halogens is 1. The lowest BCUT2D eigenvalue weighted by atomic mass is 10.1. The smallest absolute Gasteiger partial charge is 0.122 e. The molecule has 0 fully saturated rings. The molecule has 3 nitrogen and oxygen atoms in total. The van der Waals surface area contributed by atoms with Crippen LogP contribution in [0.3, 0.4) is 0 Å². The molecule has 0 spiro atoms. The minimum absolute atomic E-state index is 0.0662. The molecule has 1 unspecified atom stereocenters. The highest BCUT2D eigenvalue weighted by molar-refractivity contribution is 9.09. The predicted molar refractivity (Wildman–Crippen MR) is 60.2 cm³/mol. The standard InChI is InChI=1S/C10H14BrNO2/c1-13-8-3-4-9(14-2)7(5-8)6-10(11)12/h3-5,10H,6,12H2,1-2H3. The molecule has 0 heterocycles. The third kappa shape index (κ3) is 2.89. The van der Waals surface area contributed by atoms with Gasteiger partial charge in [0.15, 0.2) is 0 Å². The average molecular weight is 260 g/mol. The van der Waals surface area contributed by atoms with Gasteiger partial charge in [-0.3, -0.25) is 0 Å². The van der Waals surface area contributed by atoms with E-state index in [1.165, 1.54) is 0 Å². The summed E-state index contributed by atoms with van der Waals surface area (Å²) in [6.45, 7) is 0. The first-order valence-electron chi connectivity index (χ1n) is 4.28. The third-order valence-electron chi connectivity index (χ3n) is 1.90. The van der Waals surface area contributed by atoms with Crippen LogP contribution in [0.2, 0.25) is 0 Å². The van der Waals surface area contributed by atoms with Gasteiger partial charge in [-0.25, -0.2) is 0 Å². The lowest BCUT2D eigenvalue weighted by Crippen LogP contribution is -2.14. The van der Waals surface area contributed by atoms with E-state index in [4.69, 9.17) is 15.2 Å². The Morgan fingerprint density at radius 1 is 1.36 bits per heavy atom. The summed E-state index contributed by atoms with van der Waals surface area (Å²) in [4.78, 5) is -0.0662. The molecule has 1 aromatic carbocycles. The molecule has 0 saturated carbocycles. The van der Waals surface area contributed by atoms with E-state index in [1.807, 2.05) is 18.2 Å². The van der Waals surface area contributed by atoms with E-state index in [0.717, 1.165) is 17.1 Å². The zero-order valence-electron chi connectivity index (χ0n) is 8.29. The van der Waals surface area contributed by atoms with Gasteiger partial charge in [0.05, 0.1) is 19.2 Å². The number of hydrogen-bond acceptors (Lipinski definition) is 3. The van der Waals surface area contributed by atoms with Gasteiger partial charge >= 0.3 is 0 Å². The molecule has 0 aliphatic carbocycles. The summed E-state index contributed by atoms with van der Waals surface area (Å²) in [7, 11) is 3.28. The van der Waals surface area contributed by atoms with Crippen molar-refractivity contribution in [1.29, 1.82) is 0 Å².